The summed E-state index contributed by atoms with van der Waals surface area (Å²) in [6.07, 6.45) is 3.52. The van der Waals surface area contributed by atoms with Crippen molar-refractivity contribution in [3.05, 3.63) is 66.2 Å². The summed E-state index contributed by atoms with van der Waals surface area (Å²) in [4.78, 5) is 4.36. The molecule has 128 valence electrons. The molecule has 0 atom stereocenters. The molecule has 0 fully saturated rings. The summed E-state index contributed by atoms with van der Waals surface area (Å²) >= 11 is 4.52. The zero-order valence-electron chi connectivity index (χ0n) is 13.3. The Kier molecular flexibility index (Phi) is 4.64. The highest BCUT2D eigenvalue weighted by molar-refractivity contribution is 7.89. The van der Waals surface area contributed by atoms with Crippen molar-refractivity contribution in [1.82, 2.24) is 4.98 Å². The standard InChI is InChI=1S/C18H15FN2O2S2/c1-11-6-14(10-21-9-11)15-4-2-13(8-17(15)24)12-3-5-18(16(19)7-12)25(20,22)23/h2-10,24H,1H3,(H2,20,22,23). The summed E-state index contributed by atoms with van der Waals surface area (Å²) in [6, 6.07) is 11.3. The maximum atomic E-state index is 14.0. The molecular formula is C18H15FN2O2S2. The summed E-state index contributed by atoms with van der Waals surface area (Å²) in [5, 5.41) is 4.98. The number of halogens is 1. The fourth-order valence-corrected chi connectivity index (χ4v) is 3.50. The van der Waals surface area contributed by atoms with Gasteiger partial charge < -0.3 is 0 Å². The number of nitrogens with zero attached hydrogens (tertiary/aromatic N) is 1. The highest BCUT2D eigenvalue weighted by Crippen LogP contribution is 2.32. The Morgan fingerprint density at radius 3 is 2.28 bits per heavy atom. The highest BCUT2D eigenvalue weighted by Gasteiger charge is 2.15. The Hall–Kier alpha value is -2.22. The number of thiol groups is 1. The van der Waals surface area contributed by atoms with Crippen molar-refractivity contribution in [2.45, 2.75) is 16.7 Å². The Morgan fingerprint density at radius 2 is 1.68 bits per heavy atom. The smallest absolute Gasteiger partial charge is 0.240 e. The number of sulfonamides is 1. The van der Waals surface area contributed by atoms with Gasteiger partial charge in [0.25, 0.3) is 0 Å². The van der Waals surface area contributed by atoms with Crippen LogP contribution in [0.2, 0.25) is 0 Å². The SMILES string of the molecule is Cc1cncc(-c2ccc(-c3ccc(S(N)(=O)=O)c(F)c3)cc2S)c1. The Balaban J connectivity index is 2.03. The third kappa shape index (κ3) is 3.73. The van der Waals surface area contributed by atoms with Gasteiger partial charge in [0, 0.05) is 22.9 Å². The third-order valence-corrected chi connectivity index (χ3v) is 5.07. The zero-order chi connectivity index (χ0) is 18.2. The summed E-state index contributed by atoms with van der Waals surface area (Å²) < 4.78 is 36.6. The second-order valence-electron chi connectivity index (χ2n) is 5.67. The monoisotopic (exact) mass is 374 g/mol. The van der Waals surface area contributed by atoms with Gasteiger partial charge >= 0.3 is 0 Å². The van der Waals surface area contributed by atoms with E-state index >= 15 is 0 Å². The van der Waals surface area contributed by atoms with Crippen molar-refractivity contribution >= 4 is 22.7 Å². The van der Waals surface area contributed by atoms with E-state index in [0.29, 0.717) is 16.0 Å². The van der Waals surface area contributed by atoms with Gasteiger partial charge in [-0.1, -0.05) is 18.2 Å². The van der Waals surface area contributed by atoms with E-state index in [9.17, 15) is 12.8 Å². The minimum atomic E-state index is -4.08. The number of aryl methyl sites for hydroxylation is 1. The Bertz CT molecular complexity index is 1070. The van der Waals surface area contributed by atoms with Crippen LogP contribution in [-0.2, 0) is 10.0 Å². The van der Waals surface area contributed by atoms with Crippen LogP contribution in [0.15, 0.2) is 64.6 Å². The van der Waals surface area contributed by atoms with Crippen LogP contribution in [0.25, 0.3) is 22.3 Å². The minimum Gasteiger partial charge on any atom is -0.264 e. The van der Waals surface area contributed by atoms with Crippen LogP contribution in [0.4, 0.5) is 4.39 Å². The van der Waals surface area contributed by atoms with Crippen molar-refractivity contribution in [2.24, 2.45) is 5.14 Å². The van der Waals surface area contributed by atoms with Crippen LogP contribution in [0, 0.1) is 12.7 Å². The van der Waals surface area contributed by atoms with Crippen LogP contribution < -0.4 is 5.14 Å². The lowest BCUT2D eigenvalue weighted by molar-refractivity contribution is 0.568. The van der Waals surface area contributed by atoms with Crippen molar-refractivity contribution in [3.8, 4) is 22.3 Å². The average molecular weight is 374 g/mol. The summed E-state index contributed by atoms with van der Waals surface area (Å²) in [6.45, 7) is 1.96. The van der Waals surface area contributed by atoms with E-state index in [1.54, 1.807) is 18.5 Å². The lowest BCUT2D eigenvalue weighted by Gasteiger charge is -2.10. The van der Waals surface area contributed by atoms with Gasteiger partial charge in [0.2, 0.25) is 10.0 Å². The molecule has 0 spiro atoms. The molecule has 0 unspecified atom stereocenters. The zero-order valence-corrected chi connectivity index (χ0v) is 15.0. The number of nitrogens with two attached hydrogens (primary N) is 1. The Morgan fingerprint density at radius 1 is 1.00 bits per heavy atom. The van der Waals surface area contributed by atoms with Gasteiger partial charge in [0.1, 0.15) is 10.7 Å². The minimum absolute atomic E-state index is 0.523. The van der Waals surface area contributed by atoms with E-state index in [0.717, 1.165) is 28.8 Å². The maximum absolute atomic E-state index is 14.0. The molecule has 0 amide bonds. The van der Waals surface area contributed by atoms with Crippen LogP contribution in [0.5, 0.6) is 0 Å². The van der Waals surface area contributed by atoms with E-state index in [1.165, 1.54) is 6.07 Å². The lowest BCUT2D eigenvalue weighted by atomic mass is 10.0. The Labute approximate surface area is 151 Å². The number of rotatable bonds is 3. The normalized spacial score (nSPS) is 11.5. The van der Waals surface area contributed by atoms with E-state index in [4.69, 9.17) is 5.14 Å². The summed E-state index contributed by atoms with van der Waals surface area (Å²) in [7, 11) is -4.08. The second-order valence-corrected chi connectivity index (χ2v) is 7.68. The molecule has 0 aliphatic heterocycles. The van der Waals surface area contributed by atoms with Crippen molar-refractivity contribution in [3.63, 3.8) is 0 Å². The molecule has 3 aromatic rings. The molecule has 0 saturated heterocycles. The van der Waals surface area contributed by atoms with Gasteiger partial charge in [-0.3, -0.25) is 4.98 Å². The molecule has 0 radical (unpaired) electrons. The summed E-state index contributed by atoms with van der Waals surface area (Å²) in [5.74, 6) is -0.882. The van der Waals surface area contributed by atoms with Crippen LogP contribution >= 0.6 is 12.6 Å². The molecule has 1 aromatic heterocycles. The molecule has 0 saturated carbocycles. The first-order valence-corrected chi connectivity index (χ1v) is 9.33. The predicted molar refractivity (Wildman–Crippen MR) is 98.4 cm³/mol. The van der Waals surface area contributed by atoms with E-state index in [-0.39, 0.29) is 0 Å². The van der Waals surface area contributed by atoms with Crippen LogP contribution in [0.1, 0.15) is 5.56 Å². The quantitative estimate of drug-likeness (QED) is 0.685. The van der Waals surface area contributed by atoms with Crippen LogP contribution in [-0.4, -0.2) is 13.4 Å². The molecule has 25 heavy (non-hydrogen) atoms. The van der Waals surface area contributed by atoms with Gasteiger partial charge in [0.05, 0.1) is 0 Å². The number of pyridine rings is 1. The first kappa shape index (κ1) is 17.6. The first-order chi connectivity index (χ1) is 11.8. The van der Waals surface area contributed by atoms with Crippen molar-refractivity contribution in [1.29, 1.82) is 0 Å². The topological polar surface area (TPSA) is 73.0 Å². The largest absolute Gasteiger partial charge is 0.264 e. The fraction of sp³-hybridized carbons (Fsp3) is 0.0556. The molecule has 2 aromatic carbocycles. The highest BCUT2D eigenvalue weighted by atomic mass is 32.2. The molecule has 0 bridgehead atoms. The molecule has 4 nitrogen and oxygen atoms in total. The fourth-order valence-electron chi connectivity index (χ4n) is 2.57. The number of benzene rings is 2. The maximum Gasteiger partial charge on any atom is 0.240 e. The predicted octanol–water partition coefficient (Wildman–Crippen LogP) is 3.80. The van der Waals surface area contributed by atoms with E-state index in [1.807, 2.05) is 25.1 Å². The third-order valence-electron chi connectivity index (χ3n) is 3.76. The van der Waals surface area contributed by atoms with Gasteiger partial charge in [-0.05, 0) is 53.4 Å². The lowest BCUT2D eigenvalue weighted by Crippen LogP contribution is -2.13. The molecular weight excluding hydrogens is 359 g/mol. The van der Waals surface area contributed by atoms with Crippen LogP contribution in [0.3, 0.4) is 0 Å². The van der Waals surface area contributed by atoms with E-state index in [2.05, 4.69) is 17.6 Å². The number of primary sulfonamides is 1. The molecule has 7 heteroatoms. The van der Waals surface area contributed by atoms with Crippen molar-refractivity contribution in [2.75, 3.05) is 0 Å². The van der Waals surface area contributed by atoms with E-state index < -0.39 is 20.7 Å². The second kappa shape index (κ2) is 6.59. The number of hydrogen-bond acceptors (Lipinski definition) is 4. The van der Waals surface area contributed by atoms with Gasteiger partial charge in [-0.2, -0.15) is 0 Å². The molecule has 3 rings (SSSR count). The van der Waals surface area contributed by atoms with Gasteiger partial charge in [-0.25, -0.2) is 17.9 Å². The average Bonchev–Trinajstić information content (AvgIpc) is 2.53. The molecule has 1 heterocycles. The van der Waals surface area contributed by atoms with Gasteiger partial charge in [0.15, 0.2) is 0 Å². The summed E-state index contributed by atoms with van der Waals surface area (Å²) in [5.41, 5.74) is 4.13. The van der Waals surface area contributed by atoms with Crippen molar-refractivity contribution < 1.29 is 12.8 Å². The molecule has 0 aliphatic rings. The number of hydrogen-bond donors (Lipinski definition) is 2. The molecule has 2 N–H and O–H groups in total. The molecule has 0 aliphatic carbocycles. The number of aromatic nitrogens is 1. The van der Waals surface area contributed by atoms with Gasteiger partial charge in [-0.15, -0.1) is 12.6 Å². The first-order valence-electron chi connectivity index (χ1n) is 7.33.